The van der Waals surface area contributed by atoms with Gasteiger partial charge in [-0.2, -0.15) is 0 Å². The van der Waals surface area contributed by atoms with Crippen LogP contribution in [-0.4, -0.2) is 62.4 Å². The van der Waals surface area contributed by atoms with Crippen molar-refractivity contribution in [1.82, 2.24) is 0 Å². The Kier molecular flexibility index (Phi) is 27.7. The molecule has 250 valence electrons. The lowest BCUT2D eigenvalue weighted by molar-refractivity contribution is -0.884. The molecule has 2 unspecified atom stereocenters. The summed E-state index contributed by atoms with van der Waals surface area (Å²) < 4.78 is 23.4. The summed E-state index contributed by atoms with van der Waals surface area (Å²) in [5.74, 6) is -0.628. The van der Waals surface area contributed by atoms with Crippen LogP contribution in [-0.2, 0) is 13.8 Å². The van der Waals surface area contributed by atoms with Gasteiger partial charge in [-0.15, -0.1) is 0 Å². The SMILES string of the molecule is CCCCCCC/C=C\CCCCCCCCCC/C=C\CCCCCOC[C@@H](O)COP(=O)([O-])C(CC)[N+](C)(C)C. The highest BCUT2D eigenvalue weighted by molar-refractivity contribution is 7.51. The van der Waals surface area contributed by atoms with Gasteiger partial charge < -0.3 is 28.3 Å². The molecule has 0 aromatic rings. The number of quaternary nitrogens is 1. The fraction of sp³-hybridized carbons (Fsp3) is 0.886. The van der Waals surface area contributed by atoms with Crippen LogP contribution >= 0.6 is 7.60 Å². The summed E-state index contributed by atoms with van der Waals surface area (Å²) in [7, 11) is 1.43. The van der Waals surface area contributed by atoms with Crippen LogP contribution < -0.4 is 4.89 Å². The molecule has 0 rings (SSSR count). The predicted molar refractivity (Wildman–Crippen MR) is 179 cm³/mol. The van der Waals surface area contributed by atoms with Gasteiger partial charge in [0.05, 0.1) is 34.4 Å². The van der Waals surface area contributed by atoms with E-state index in [2.05, 4.69) is 31.2 Å². The molecule has 0 aliphatic rings. The zero-order valence-electron chi connectivity index (χ0n) is 28.4. The summed E-state index contributed by atoms with van der Waals surface area (Å²) in [6.45, 7) is 4.52. The molecule has 0 aliphatic carbocycles. The maximum atomic E-state index is 12.4. The van der Waals surface area contributed by atoms with Gasteiger partial charge in [0.1, 0.15) is 6.10 Å². The van der Waals surface area contributed by atoms with Crippen molar-refractivity contribution < 1.29 is 28.3 Å². The molecule has 0 radical (unpaired) electrons. The second-order valence-corrected chi connectivity index (χ2v) is 14.9. The summed E-state index contributed by atoms with van der Waals surface area (Å²) >= 11 is 0. The third kappa shape index (κ3) is 26.0. The van der Waals surface area contributed by atoms with Gasteiger partial charge in [-0.25, -0.2) is 0 Å². The van der Waals surface area contributed by atoms with Crippen LogP contribution in [0.2, 0.25) is 0 Å². The molecule has 0 aromatic carbocycles. The number of ether oxygens (including phenoxy) is 1. The second-order valence-electron chi connectivity index (χ2n) is 13.0. The van der Waals surface area contributed by atoms with Crippen molar-refractivity contribution in [3.05, 3.63) is 24.3 Å². The van der Waals surface area contributed by atoms with Crippen molar-refractivity contribution in [3.63, 3.8) is 0 Å². The van der Waals surface area contributed by atoms with Crippen LogP contribution in [0.5, 0.6) is 0 Å². The maximum absolute atomic E-state index is 12.4. The molecule has 0 saturated heterocycles. The molecule has 6 nitrogen and oxygen atoms in total. The van der Waals surface area contributed by atoms with Gasteiger partial charge in [0.25, 0.3) is 0 Å². The molecular formula is C35H70NO5P. The van der Waals surface area contributed by atoms with Crippen LogP contribution in [0.25, 0.3) is 0 Å². The highest BCUT2D eigenvalue weighted by Crippen LogP contribution is 2.47. The first-order chi connectivity index (χ1) is 20.1. The van der Waals surface area contributed by atoms with Crippen LogP contribution in [0.4, 0.5) is 0 Å². The summed E-state index contributed by atoms with van der Waals surface area (Å²) in [6.07, 6.45) is 34.8. The van der Waals surface area contributed by atoms with Crippen molar-refractivity contribution in [1.29, 1.82) is 0 Å². The summed E-state index contributed by atoms with van der Waals surface area (Å²) in [5.41, 5.74) is 0. The molecule has 0 spiro atoms. The van der Waals surface area contributed by atoms with Crippen molar-refractivity contribution in [2.24, 2.45) is 0 Å². The third-order valence-corrected chi connectivity index (χ3v) is 10.1. The van der Waals surface area contributed by atoms with Gasteiger partial charge in [-0.1, -0.05) is 109 Å². The average molecular weight is 616 g/mol. The van der Waals surface area contributed by atoms with E-state index in [1.807, 2.05) is 28.1 Å². The molecule has 0 heterocycles. The number of unbranched alkanes of at least 4 members (excludes halogenated alkanes) is 17. The van der Waals surface area contributed by atoms with E-state index in [-0.39, 0.29) is 17.7 Å². The zero-order valence-corrected chi connectivity index (χ0v) is 29.3. The largest absolute Gasteiger partial charge is 0.774 e. The van der Waals surface area contributed by atoms with Crippen molar-refractivity contribution in [2.75, 3.05) is 41.0 Å². The van der Waals surface area contributed by atoms with Crippen molar-refractivity contribution >= 4 is 7.60 Å². The average Bonchev–Trinajstić information content (AvgIpc) is 2.93. The molecular weight excluding hydrogens is 545 g/mol. The Bertz CT molecular complexity index is 691. The Labute approximate surface area is 261 Å². The highest BCUT2D eigenvalue weighted by atomic mass is 31.2. The van der Waals surface area contributed by atoms with E-state index in [0.29, 0.717) is 13.0 Å². The zero-order chi connectivity index (χ0) is 31.4. The lowest BCUT2D eigenvalue weighted by Crippen LogP contribution is -2.47. The van der Waals surface area contributed by atoms with E-state index in [0.717, 1.165) is 25.7 Å². The maximum Gasteiger partial charge on any atom is 0.193 e. The van der Waals surface area contributed by atoms with Crippen molar-refractivity contribution in [3.8, 4) is 0 Å². The topological polar surface area (TPSA) is 78.8 Å². The van der Waals surface area contributed by atoms with E-state index in [9.17, 15) is 14.6 Å². The van der Waals surface area contributed by atoms with E-state index in [1.54, 1.807) is 0 Å². The first-order valence-corrected chi connectivity index (χ1v) is 19.1. The molecule has 1 N–H and O–H groups in total. The Morgan fingerprint density at radius 3 is 1.48 bits per heavy atom. The van der Waals surface area contributed by atoms with Crippen LogP contribution in [0.3, 0.4) is 0 Å². The van der Waals surface area contributed by atoms with E-state index >= 15 is 0 Å². The van der Waals surface area contributed by atoms with E-state index < -0.39 is 19.5 Å². The van der Waals surface area contributed by atoms with Crippen LogP contribution in [0, 0.1) is 0 Å². The molecule has 3 atom stereocenters. The van der Waals surface area contributed by atoms with Gasteiger partial charge >= 0.3 is 0 Å². The molecule has 0 amide bonds. The molecule has 0 bridgehead atoms. The Balaban J connectivity index is 3.46. The highest BCUT2D eigenvalue weighted by Gasteiger charge is 2.34. The molecule has 7 heteroatoms. The summed E-state index contributed by atoms with van der Waals surface area (Å²) in [6, 6.07) is 0. The minimum Gasteiger partial charge on any atom is -0.774 e. The Morgan fingerprint density at radius 2 is 1.07 bits per heavy atom. The predicted octanol–water partition coefficient (Wildman–Crippen LogP) is 9.31. The van der Waals surface area contributed by atoms with E-state index in [4.69, 9.17) is 9.26 Å². The first kappa shape index (κ1) is 41.5. The quantitative estimate of drug-likeness (QED) is 0.0364. The second kappa shape index (κ2) is 28.0. The fourth-order valence-electron chi connectivity index (χ4n) is 5.30. The lowest BCUT2D eigenvalue weighted by atomic mass is 10.1. The third-order valence-electron chi connectivity index (χ3n) is 7.84. The van der Waals surface area contributed by atoms with Gasteiger partial charge in [0.15, 0.2) is 13.4 Å². The smallest absolute Gasteiger partial charge is 0.193 e. The fourth-order valence-corrected chi connectivity index (χ4v) is 7.15. The summed E-state index contributed by atoms with van der Waals surface area (Å²) in [5, 5.41) is 10.0. The number of rotatable bonds is 31. The van der Waals surface area contributed by atoms with E-state index in [1.165, 1.54) is 103 Å². The number of aliphatic hydroxyl groups excluding tert-OH is 1. The number of allylic oxidation sites excluding steroid dienone is 4. The molecule has 0 aliphatic heterocycles. The Hall–Kier alpha value is -0.490. The van der Waals surface area contributed by atoms with Crippen molar-refractivity contribution in [2.45, 2.75) is 161 Å². The Morgan fingerprint density at radius 1 is 0.667 bits per heavy atom. The van der Waals surface area contributed by atoms with Crippen LogP contribution in [0.1, 0.15) is 149 Å². The minimum atomic E-state index is -4.06. The summed E-state index contributed by atoms with van der Waals surface area (Å²) in [4.78, 5) is 12.4. The van der Waals surface area contributed by atoms with Crippen LogP contribution in [0.15, 0.2) is 24.3 Å². The van der Waals surface area contributed by atoms with Gasteiger partial charge in [0.2, 0.25) is 0 Å². The monoisotopic (exact) mass is 615 g/mol. The molecule has 42 heavy (non-hydrogen) atoms. The van der Waals surface area contributed by atoms with Gasteiger partial charge in [-0.05, 0) is 57.8 Å². The molecule has 0 fully saturated rings. The molecule has 0 aromatic heterocycles. The minimum absolute atomic E-state index is 0.0953. The number of nitrogens with zero attached hydrogens (tertiary/aromatic N) is 1. The van der Waals surface area contributed by atoms with Gasteiger partial charge in [-0.3, -0.25) is 0 Å². The standard InChI is InChI=1S/C35H70NO5P/c1-6-8-9-10-11-12-13-14-15-16-17-18-19-20-21-22-23-24-25-26-27-28-29-30-31-40-32-34(37)33-41-42(38,39)35(7-2)36(3,4)5/h13-14,25-26,34-35,37H,6-12,15-24,27-33H2,1-5H3/b14-13-,26-25-/t34-,35?/m1/s1. The number of hydrogen-bond acceptors (Lipinski definition) is 5. The first-order valence-electron chi connectivity index (χ1n) is 17.5. The lowest BCUT2D eigenvalue weighted by Gasteiger charge is -2.41. The number of hydrogen-bond donors (Lipinski definition) is 1. The molecule has 0 saturated carbocycles. The van der Waals surface area contributed by atoms with Gasteiger partial charge in [0, 0.05) is 13.0 Å². The number of aliphatic hydroxyl groups is 1. The normalized spacial score (nSPS) is 15.5.